The lowest BCUT2D eigenvalue weighted by molar-refractivity contribution is -0.135. The van der Waals surface area contributed by atoms with Gasteiger partial charge in [0.25, 0.3) is 5.91 Å². The minimum Gasteiger partial charge on any atom is -0.370 e. The molecule has 4 rings (SSSR count). The Morgan fingerprint density at radius 2 is 1.81 bits per heavy atom. The van der Waals surface area contributed by atoms with Crippen LogP contribution in [0.4, 0.5) is 16.2 Å². The van der Waals surface area contributed by atoms with E-state index in [-0.39, 0.29) is 23.4 Å². The molecule has 1 aromatic rings. The van der Waals surface area contributed by atoms with Gasteiger partial charge in [0.15, 0.2) is 0 Å². The maximum Gasteiger partial charge on any atom is 0.325 e. The zero-order valence-corrected chi connectivity index (χ0v) is 21.7. The Bertz CT molecular complexity index is 1040. The second kappa shape index (κ2) is 10.1. The second-order valence-electron chi connectivity index (χ2n) is 11.2. The number of urea groups is 1. The number of carbonyl (C=O) groups is 4. The van der Waals surface area contributed by atoms with Crippen molar-refractivity contribution in [3.63, 3.8) is 0 Å². The van der Waals surface area contributed by atoms with Gasteiger partial charge in [0, 0.05) is 18.7 Å². The molecule has 5 amide bonds. The van der Waals surface area contributed by atoms with Crippen LogP contribution >= 0.6 is 0 Å². The zero-order chi connectivity index (χ0) is 26.1. The van der Waals surface area contributed by atoms with Gasteiger partial charge in [-0.25, -0.2) is 4.79 Å². The molecule has 4 N–H and O–H groups in total. The van der Waals surface area contributed by atoms with Crippen LogP contribution in [0.2, 0.25) is 0 Å². The van der Waals surface area contributed by atoms with Gasteiger partial charge in [-0.2, -0.15) is 0 Å². The van der Waals surface area contributed by atoms with Crippen molar-refractivity contribution in [1.29, 1.82) is 0 Å². The summed E-state index contributed by atoms with van der Waals surface area (Å²) >= 11 is 0. The number of rotatable bonds is 7. The molecule has 1 spiro atoms. The van der Waals surface area contributed by atoms with E-state index in [4.69, 9.17) is 5.73 Å². The van der Waals surface area contributed by atoms with Crippen molar-refractivity contribution < 1.29 is 19.2 Å². The number of anilines is 2. The van der Waals surface area contributed by atoms with E-state index in [1.54, 1.807) is 18.2 Å². The summed E-state index contributed by atoms with van der Waals surface area (Å²) in [6, 6.07) is 4.48. The largest absolute Gasteiger partial charge is 0.370 e. The predicted octanol–water partition coefficient (Wildman–Crippen LogP) is 3.63. The van der Waals surface area contributed by atoms with Gasteiger partial charge in [-0.1, -0.05) is 27.2 Å². The van der Waals surface area contributed by atoms with Crippen LogP contribution in [0.5, 0.6) is 0 Å². The quantitative estimate of drug-likeness (QED) is 0.496. The molecule has 0 unspecified atom stereocenters. The number of hydrogen-bond acceptors (Lipinski definition) is 5. The number of hydrogen-bond donors (Lipinski definition) is 3. The van der Waals surface area contributed by atoms with Crippen LogP contribution in [0.15, 0.2) is 18.2 Å². The van der Waals surface area contributed by atoms with Gasteiger partial charge in [0.05, 0.1) is 11.4 Å². The van der Waals surface area contributed by atoms with E-state index in [1.807, 2.05) is 0 Å². The first-order chi connectivity index (χ1) is 17.1. The lowest BCUT2D eigenvalue weighted by Gasteiger charge is -2.42. The highest BCUT2D eigenvalue weighted by Gasteiger charge is 2.53. The van der Waals surface area contributed by atoms with Crippen LogP contribution in [0.3, 0.4) is 0 Å². The highest BCUT2D eigenvalue weighted by molar-refractivity contribution is 6.10. The van der Waals surface area contributed by atoms with Crippen LogP contribution in [0, 0.1) is 11.3 Å². The van der Waals surface area contributed by atoms with E-state index in [0.717, 1.165) is 62.2 Å². The number of nitrogens with one attached hydrogen (secondary N) is 2. The average molecular weight is 498 g/mol. The molecule has 2 heterocycles. The van der Waals surface area contributed by atoms with Crippen molar-refractivity contribution in [2.45, 2.75) is 77.7 Å². The van der Waals surface area contributed by atoms with Crippen LogP contribution < -0.4 is 21.3 Å². The summed E-state index contributed by atoms with van der Waals surface area (Å²) < 4.78 is 0. The van der Waals surface area contributed by atoms with E-state index in [1.165, 1.54) is 0 Å². The molecule has 36 heavy (non-hydrogen) atoms. The molecule has 196 valence electrons. The molecule has 1 aliphatic carbocycles. The fourth-order valence-electron chi connectivity index (χ4n) is 5.87. The van der Waals surface area contributed by atoms with E-state index in [9.17, 15) is 19.2 Å². The molecule has 0 bridgehead atoms. The summed E-state index contributed by atoms with van der Waals surface area (Å²) in [5, 5.41) is 5.74. The van der Waals surface area contributed by atoms with Gasteiger partial charge < -0.3 is 21.3 Å². The van der Waals surface area contributed by atoms with E-state index >= 15 is 0 Å². The smallest absolute Gasteiger partial charge is 0.325 e. The number of carbonyl (C=O) groups excluding carboxylic acids is 4. The predicted molar refractivity (Wildman–Crippen MR) is 139 cm³/mol. The summed E-state index contributed by atoms with van der Waals surface area (Å²) in [5.74, 6) is -0.900. The molecule has 1 saturated carbocycles. The molecule has 2 saturated heterocycles. The lowest BCUT2D eigenvalue weighted by Crippen LogP contribution is -2.51. The van der Waals surface area contributed by atoms with Gasteiger partial charge >= 0.3 is 6.03 Å². The van der Waals surface area contributed by atoms with Crippen molar-refractivity contribution in [2.24, 2.45) is 17.1 Å². The van der Waals surface area contributed by atoms with E-state index < -0.39 is 23.4 Å². The molecule has 1 aromatic carbocycles. The topological polar surface area (TPSA) is 125 Å². The molecule has 9 nitrogen and oxygen atoms in total. The van der Waals surface area contributed by atoms with Gasteiger partial charge in [0.2, 0.25) is 11.8 Å². The summed E-state index contributed by atoms with van der Waals surface area (Å²) in [6.45, 7) is 8.02. The first-order valence-electron chi connectivity index (χ1n) is 13.2. The summed E-state index contributed by atoms with van der Waals surface area (Å²) in [5.41, 5.74) is 6.29. The fraction of sp³-hybridized carbons (Fsp3) is 0.630. The van der Waals surface area contributed by atoms with Crippen LogP contribution in [0.25, 0.3) is 0 Å². The number of nitrogens with zero attached hydrogens (tertiary/aromatic N) is 2. The van der Waals surface area contributed by atoms with Crippen molar-refractivity contribution in [1.82, 2.24) is 10.2 Å². The molecule has 3 fully saturated rings. The molecule has 0 aromatic heterocycles. The third-order valence-electron chi connectivity index (χ3n) is 8.66. The molecule has 0 radical (unpaired) electrons. The highest BCUT2D eigenvalue weighted by Crippen LogP contribution is 2.45. The monoisotopic (exact) mass is 497 g/mol. The molecule has 3 aliphatic rings. The van der Waals surface area contributed by atoms with Crippen LogP contribution in [-0.4, -0.2) is 53.8 Å². The maximum atomic E-state index is 13.4. The third kappa shape index (κ3) is 5.06. The zero-order valence-electron chi connectivity index (χ0n) is 21.7. The van der Waals surface area contributed by atoms with Crippen molar-refractivity contribution in [3.8, 4) is 0 Å². The van der Waals surface area contributed by atoms with E-state index in [2.05, 4.69) is 36.3 Å². The first-order valence-corrected chi connectivity index (χ1v) is 13.2. The molecular formula is C27H39N5O4. The third-order valence-corrected chi connectivity index (χ3v) is 8.66. The molecule has 9 heteroatoms. The van der Waals surface area contributed by atoms with Gasteiger partial charge in [-0.15, -0.1) is 0 Å². The number of nitrogens with two attached hydrogens (primary N) is 1. The highest BCUT2D eigenvalue weighted by atomic mass is 16.2. The van der Waals surface area contributed by atoms with E-state index in [0.29, 0.717) is 24.4 Å². The van der Waals surface area contributed by atoms with Crippen LogP contribution in [0.1, 0.15) is 82.5 Å². The second-order valence-corrected chi connectivity index (χ2v) is 11.2. The van der Waals surface area contributed by atoms with Gasteiger partial charge in [-0.05, 0) is 74.5 Å². The number of benzene rings is 1. The Labute approximate surface area is 213 Å². The lowest BCUT2D eigenvalue weighted by atomic mass is 9.65. The fourth-order valence-corrected chi connectivity index (χ4v) is 5.87. The summed E-state index contributed by atoms with van der Waals surface area (Å²) in [7, 11) is 0. The number of piperidine rings is 1. The molecule has 0 atom stereocenters. The van der Waals surface area contributed by atoms with Gasteiger partial charge in [-0.3, -0.25) is 19.3 Å². The molecular weight excluding hydrogens is 458 g/mol. The number of amides is 5. The standard InChI is InChI=1S/C27H39N5O4/c1-4-26(2,3)19-10-12-27(13-11-19)24(35)32(25(36)30-27)17-22(33)29-20-16-18(23(28)34)8-9-21(20)31-14-6-5-7-15-31/h8-9,16,19H,4-7,10-15,17H2,1-3H3,(H2,28,34)(H,29,33)(H,30,36). The van der Waals surface area contributed by atoms with Crippen LogP contribution in [-0.2, 0) is 9.59 Å². The molecule has 2 aliphatic heterocycles. The van der Waals surface area contributed by atoms with Crippen molar-refractivity contribution in [3.05, 3.63) is 23.8 Å². The van der Waals surface area contributed by atoms with Crippen molar-refractivity contribution in [2.75, 3.05) is 29.9 Å². The first kappa shape index (κ1) is 26.0. The van der Waals surface area contributed by atoms with Crippen molar-refractivity contribution >= 4 is 35.1 Å². The summed E-state index contributed by atoms with van der Waals surface area (Å²) in [4.78, 5) is 54.1. The number of primary amides is 1. The Hall–Kier alpha value is -3.10. The SMILES string of the molecule is CCC(C)(C)C1CCC2(CC1)NC(=O)N(CC(=O)Nc1cc(C(N)=O)ccc1N1CCCCC1)C2=O. The Balaban J connectivity index is 1.46. The van der Waals surface area contributed by atoms with Gasteiger partial charge in [0.1, 0.15) is 12.1 Å². The number of imide groups is 1. The Kier molecular flexibility index (Phi) is 7.29. The maximum absolute atomic E-state index is 13.4. The average Bonchev–Trinajstić information content (AvgIpc) is 3.08. The minimum absolute atomic E-state index is 0.193. The minimum atomic E-state index is -0.914. The normalized spacial score (nSPS) is 24.7. The summed E-state index contributed by atoms with van der Waals surface area (Å²) in [6.07, 6.45) is 7.22. The Morgan fingerprint density at radius 3 is 2.42 bits per heavy atom. The Morgan fingerprint density at radius 1 is 1.14 bits per heavy atom.